The molecular weight excluding hydrogens is 701 g/mol. The fraction of sp³-hybridized carbons (Fsp3) is 0.432. The number of aliphatic hydroxyl groups is 1. The van der Waals surface area contributed by atoms with Crippen molar-refractivity contribution >= 4 is 53.4 Å². The zero-order valence-corrected chi connectivity index (χ0v) is 30.8. The Morgan fingerprint density at radius 3 is 2.08 bits per heavy atom. The largest absolute Gasteiger partial charge is 0.493 e. The van der Waals surface area contributed by atoms with Crippen LogP contribution in [0.2, 0.25) is 10.0 Å². The molecule has 3 aromatic rings. The van der Waals surface area contributed by atoms with Gasteiger partial charge in [0.2, 0.25) is 0 Å². The minimum atomic E-state index is -0.510. The fourth-order valence-electron chi connectivity index (χ4n) is 5.99. The number of likely N-dealkylation sites (N-methyl/N-ethyl adjacent to an activating group) is 1. The maximum atomic E-state index is 14.8. The summed E-state index contributed by atoms with van der Waals surface area (Å²) in [5, 5.41) is 12.5. The number of carbonyl (C=O) groups is 2. The average molecular weight is 749 g/mol. The maximum absolute atomic E-state index is 14.8. The number of urea groups is 1. The zero-order valence-electron chi connectivity index (χ0n) is 28.4. The van der Waals surface area contributed by atoms with Crippen molar-refractivity contribution in [1.29, 1.82) is 0 Å². The quantitative estimate of drug-likeness (QED) is 0.224. The molecule has 0 saturated carbocycles. The number of nitrogens with zero attached hydrogens (tertiary/aromatic N) is 5. The van der Waals surface area contributed by atoms with Gasteiger partial charge in [0.1, 0.15) is 17.6 Å². The summed E-state index contributed by atoms with van der Waals surface area (Å²) >= 11 is 12.6. The van der Waals surface area contributed by atoms with Crippen molar-refractivity contribution in [3.8, 4) is 5.75 Å². The van der Waals surface area contributed by atoms with Gasteiger partial charge in [-0.25, -0.2) is 9.86 Å². The van der Waals surface area contributed by atoms with Crippen molar-refractivity contribution < 1.29 is 24.3 Å². The Labute approximate surface area is 311 Å². The van der Waals surface area contributed by atoms with E-state index in [1.54, 1.807) is 11.9 Å². The van der Waals surface area contributed by atoms with E-state index in [0.717, 1.165) is 16.7 Å². The Bertz CT molecular complexity index is 1630. The molecule has 0 spiro atoms. The molecule has 0 aromatic heterocycles. The number of hydrogen-bond acceptors (Lipinski definition) is 7. The van der Waals surface area contributed by atoms with Crippen LogP contribution in [0.4, 0.5) is 4.79 Å². The lowest BCUT2D eigenvalue weighted by molar-refractivity contribution is -0.170. The fourth-order valence-corrected chi connectivity index (χ4v) is 6.24. The molecule has 0 radical (unpaired) electrons. The highest BCUT2D eigenvalue weighted by atomic mass is 35.5. The van der Waals surface area contributed by atoms with Crippen LogP contribution in [0.15, 0.2) is 71.7 Å². The van der Waals surface area contributed by atoms with Crippen LogP contribution in [0.25, 0.3) is 0 Å². The number of benzene rings is 3. The molecule has 2 aliphatic heterocycles. The Morgan fingerprint density at radius 1 is 0.960 bits per heavy atom. The van der Waals surface area contributed by atoms with Crippen LogP contribution in [-0.4, -0.2) is 103 Å². The van der Waals surface area contributed by atoms with Crippen molar-refractivity contribution in [2.24, 2.45) is 4.99 Å². The Kier molecular flexibility index (Phi) is 14.5. The highest BCUT2D eigenvalue weighted by molar-refractivity contribution is 6.30. The number of carbonyl (C=O) groups excluding carboxylic acids is 2. The van der Waals surface area contributed by atoms with E-state index in [4.69, 9.17) is 37.8 Å². The van der Waals surface area contributed by atoms with E-state index in [1.807, 2.05) is 97.3 Å². The predicted molar refractivity (Wildman–Crippen MR) is 202 cm³/mol. The van der Waals surface area contributed by atoms with Gasteiger partial charge >= 0.3 is 6.03 Å². The van der Waals surface area contributed by atoms with E-state index in [1.165, 1.54) is 12.2 Å². The minimum absolute atomic E-state index is 0. The number of aliphatic imine (C=N–C) groups is 1. The summed E-state index contributed by atoms with van der Waals surface area (Å²) < 4.78 is 6.19. The summed E-state index contributed by atoms with van der Waals surface area (Å²) in [5.41, 5.74) is 2.84. The molecule has 3 aromatic carbocycles. The number of halogens is 3. The van der Waals surface area contributed by atoms with E-state index >= 15 is 0 Å². The van der Waals surface area contributed by atoms with Gasteiger partial charge in [-0.3, -0.25) is 24.4 Å². The predicted octanol–water partition coefficient (Wildman–Crippen LogP) is 7.02. The minimum Gasteiger partial charge on any atom is -0.493 e. The third kappa shape index (κ3) is 8.91. The number of rotatable bonds is 10. The number of amidine groups is 1. The molecule has 2 aliphatic rings. The standard InChI is InChI=1S/C36H43Cl2N5O5.CH4.ClH/c1-6-48-30-21-26(36(2,3)23-44)11-16-29(30)34-39-32(24-7-12-27(37)13-8-24)33(25-9-14-28(38)15-10-25)43(34)35(46)42-19-17-41(18-20-42)22-31(45)40(4)47-5;;/h7-16,21,32-33,44H,6,17-20,22-23H2,1-5H3;1H4;1H/t32-,33+;;/m0../s1. The lowest BCUT2D eigenvalue weighted by atomic mass is 9.85. The van der Waals surface area contributed by atoms with Gasteiger partial charge in [-0.15, -0.1) is 12.4 Å². The molecule has 2 atom stereocenters. The van der Waals surface area contributed by atoms with Gasteiger partial charge < -0.3 is 14.7 Å². The smallest absolute Gasteiger partial charge is 0.326 e. The molecule has 1 saturated heterocycles. The molecule has 10 nitrogen and oxygen atoms in total. The van der Waals surface area contributed by atoms with Crippen LogP contribution in [0.5, 0.6) is 5.75 Å². The van der Waals surface area contributed by atoms with Gasteiger partial charge in [0.15, 0.2) is 0 Å². The third-order valence-electron chi connectivity index (χ3n) is 9.02. The summed E-state index contributed by atoms with van der Waals surface area (Å²) in [6.07, 6.45) is 0. The van der Waals surface area contributed by atoms with E-state index in [0.29, 0.717) is 60.0 Å². The van der Waals surface area contributed by atoms with Crippen LogP contribution in [0.1, 0.15) is 62.5 Å². The molecule has 1 N–H and O–H groups in total. The summed E-state index contributed by atoms with van der Waals surface area (Å²) in [6, 6.07) is 19.7. The molecular formula is C37H48Cl3N5O5. The molecule has 272 valence electrons. The monoisotopic (exact) mass is 747 g/mol. The lowest BCUT2D eigenvalue weighted by Gasteiger charge is -2.39. The van der Waals surface area contributed by atoms with Gasteiger partial charge in [0, 0.05) is 48.7 Å². The van der Waals surface area contributed by atoms with Crippen LogP contribution in [0, 0.1) is 0 Å². The van der Waals surface area contributed by atoms with Gasteiger partial charge in [0.05, 0.1) is 38.5 Å². The first kappa shape index (κ1) is 41.0. The van der Waals surface area contributed by atoms with Crippen LogP contribution < -0.4 is 4.74 Å². The second kappa shape index (κ2) is 17.7. The van der Waals surface area contributed by atoms with Crippen molar-refractivity contribution in [3.63, 3.8) is 0 Å². The highest BCUT2D eigenvalue weighted by Gasteiger charge is 2.45. The van der Waals surface area contributed by atoms with Gasteiger partial charge in [0.25, 0.3) is 5.91 Å². The van der Waals surface area contributed by atoms with Crippen molar-refractivity contribution in [1.82, 2.24) is 19.8 Å². The normalized spacial score (nSPS) is 17.8. The SMILES string of the molecule is C.CCOc1cc(C(C)(C)CO)ccc1C1=N[C@@H](c2ccc(Cl)cc2)[C@@H](c2ccc(Cl)cc2)N1C(=O)N1CCN(CC(=O)N(C)OC)CC1.Cl. The first-order valence-corrected chi connectivity index (χ1v) is 16.8. The second-order valence-corrected chi connectivity index (χ2v) is 13.5. The van der Waals surface area contributed by atoms with E-state index in [2.05, 4.69) is 0 Å². The molecule has 5 rings (SSSR count). The van der Waals surface area contributed by atoms with Gasteiger partial charge in [-0.1, -0.05) is 74.8 Å². The van der Waals surface area contributed by atoms with Crippen LogP contribution >= 0.6 is 35.6 Å². The summed E-state index contributed by atoms with van der Waals surface area (Å²) in [5.74, 6) is 0.900. The first-order chi connectivity index (χ1) is 23.0. The van der Waals surface area contributed by atoms with E-state index in [-0.39, 0.29) is 44.9 Å². The summed E-state index contributed by atoms with van der Waals surface area (Å²) in [7, 11) is 3.04. The molecule has 1 fully saturated rings. The zero-order chi connectivity index (χ0) is 34.6. The lowest BCUT2D eigenvalue weighted by Crippen LogP contribution is -2.55. The van der Waals surface area contributed by atoms with Crippen LogP contribution in [0.3, 0.4) is 0 Å². The van der Waals surface area contributed by atoms with Crippen LogP contribution in [-0.2, 0) is 15.0 Å². The molecule has 3 amide bonds. The number of hydrogen-bond donors (Lipinski definition) is 1. The number of ether oxygens (including phenoxy) is 1. The topological polar surface area (TPSA) is 98.2 Å². The van der Waals surface area contributed by atoms with Crippen molar-refractivity contribution in [2.45, 2.75) is 45.7 Å². The number of aliphatic hydroxyl groups excluding tert-OH is 1. The Balaban J connectivity index is 0.00000338. The molecule has 2 heterocycles. The van der Waals surface area contributed by atoms with Crippen molar-refractivity contribution in [3.05, 3.63) is 99.0 Å². The number of hydroxylamine groups is 2. The molecule has 50 heavy (non-hydrogen) atoms. The maximum Gasteiger partial charge on any atom is 0.326 e. The van der Waals surface area contributed by atoms with Gasteiger partial charge in [-0.05, 0) is 60.0 Å². The summed E-state index contributed by atoms with van der Waals surface area (Å²) in [6.45, 7) is 8.30. The van der Waals surface area contributed by atoms with E-state index < -0.39 is 17.5 Å². The van der Waals surface area contributed by atoms with Gasteiger partial charge in [-0.2, -0.15) is 0 Å². The van der Waals surface area contributed by atoms with E-state index in [9.17, 15) is 14.7 Å². The second-order valence-electron chi connectivity index (χ2n) is 12.6. The first-order valence-electron chi connectivity index (χ1n) is 16.1. The Hall–Kier alpha value is -3.38. The molecule has 0 unspecified atom stereocenters. The molecule has 0 bridgehead atoms. The summed E-state index contributed by atoms with van der Waals surface area (Å²) in [4.78, 5) is 43.2. The average Bonchev–Trinajstić information content (AvgIpc) is 3.49. The Morgan fingerprint density at radius 2 is 1.54 bits per heavy atom. The molecule has 13 heteroatoms. The molecule has 0 aliphatic carbocycles. The third-order valence-corrected chi connectivity index (χ3v) is 9.53. The number of piperazine rings is 1. The highest BCUT2D eigenvalue weighted by Crippen LogP contribution is 2.46. The van der Waals surface area contributed by atoms with Crippen molar-refractivity contribution in [2.75, 3.05) is 60.1 Å². The number of amides is 3.